The van der Waals surface area contributed by atoms with Crippen molar-refractivity contribution in [1.29, 1.82) is 0 Å². The van der Waals surface area contributed by atoms with Gasteiger partial charge in [-0.3, -0.25) is 4.79 Å². The van der Waals surface area contributed by atoms with Crippen LogP contribution in [-0.2, 0) is 0 Å². The number of rotatable bonds is 5. The highest BCUT2D eigenvalue weighted by atomic mass is 79.9. The molecule has 28 heavy (non-hydrogen) atoms. The zero-order valence-corrected chi connectivity index (χ0v) is 16.1. The molecule has 0 aliphatic carbocycles. The third-order valence-electron chi connectivity index (χ3n) is 3.83. The van der Waals surface area contributed by atoms with Gasteiger partial charge in [0.15, 0.2) is 5.82 Å². The van der Waals surface area contributed by atoms with E-state index in [-0.39, 0.29) is 5.91 Å². The first kappa shape index (κ1) is 17.9. The number of halogens is 1. The van der Waals surface area contributed by atoms with Gasteiger partial charge in [-0.2, -0.15) is 5.10 Å². The van der Waals surface area contributed by atoms with Crippen molar-refractivity contribution in [3.8, 4) is 17.3 Å². The summed E-state index contributed by atoms with van der Waals surface area (Å²) in [5, 5.41) is 6.89. The number of anilines is 1. The Morgan fingerprint density at radius 1 is 1.00 bits per heavy atom. The molecule has 0 aliphatic rings. The maximum atomic E-state index is 12.7. The van der Waals surface area contributed by atoms with Crippen molar-refractivity contribution in [2.24, 2.45) is 0 Å². The van der Waals surface area contributed by atoms with E-state index >= 15 is 0 Å². The first-order valence-corrected chi connectivity index (χ1v) is 9.13. The van der Waals surface area contributed by atoms with Crippen molar-refractivity contribution in [3.05, 3.63) is 89.6 Å². The third kappa shape index (κ3) is 4.07. The second kappa shape index (κ2) is 8.01. The molecule has 4 aromatic rings. The number of hydrogen-bond acceptors (Lipinski definition) is 5. The van der Waals surface area contributed by atoms with Gasteiger partial charge in [-0.15, -0.1) is 0 Å². The lowest BCUT2D eigenvalue weighted by molar-refractivity contribution is 0.102. The summed E-state index contributed by atoms with van der Waals surface area (Å²) in [6.45, 7) is 0. The van der Waals surface area contributed by atoms with Gasteiger partial charge in [0.05, 0.1) is 5.56 Å². The van der Waals surface area contributed by atoms with Gasteiger partial charge in [0.1, 0.15) is 24.2 Å². The molecule has 0 unspecified atom stereocenters. The Hall–Kier alpha value is -3.52. The second-order valence-corrected chi connectivity index (χ2v) is 6.66. The number of aromatic nitrogens is 4. The van der Waals surface area contributed by atoms with Crippen molar-refractivity contribution in [3.63, 3.8) is 0 Å². The predicted octanol–water partition coefficient (Wildman–Crippen LogP) is 4.47. The topological polar surface area (TPSA) is 81.9 Å². The largest absolute Gasteiger partial charge is 0.457 e. The fourth-order valence-electron chi connectivity index (χ4n) is 2.52. The van der Waals surface area contributed by atoms with Crippen molar-refractivity contribution >= 4 is 27.5 Å². The number of benzene rings is 2. The molecule has 0 bridgehead atoms. The molecular weight excluding hydrogens is 422 g/mol. The Balaban J connectivity index is 1.48. The fraction of sp³-hybridized carbons (Fsp3) is 0. The van der Waals surface area contributed by atoms with Crippen LogP contribution in [0.4, 0.5) is 5.69 Å². The molecule has 0 saturated carbocycles. The Kier molecular flexibility index (Phi) is 5.11. The average Bonchev–Trinajstić information content (AvgIpc) is 3.26. The zero-order chi connectivity index (χ0) is 19.3. The van der Waals surface area contributed by atoms with E-state index in [1.165, 1.54) is 17.3 Å². The molecule has 8 heteroatoms. The van der Waals surface area contributed by atoms with Crippen LogP contribution in [0.5, 0.6) is 11.5 Å². The molecule has 7 nitrogen and oxygen atoms in total. The normalized spacial score (nSPS) is 10.5. The van der Waals surface area contributed by atoms with Gasteiger partial charge in [-0.05, 0) is 60.7 Å². The number of pyridine rings is 1. The maximum Gasteiger partial charge on any atom is 0.259 e. The standard InChI is InChI=1S/C20H14BrN5O2/c21-14-3-7-16(8-4-14)28-17-9-5-15(6-10-17)25-20(27)18-2-1-11-23-19(18)26-13-22-12-24-26/h1-13H,(H,25,27). The first-order valence-electron chi connectivity index (χ1n) is 8.34. The molecule has 138 valence electrons. The summed E-state index contributed by atoms with van der Waals surface area (Å²) in [7, 11) is 0. The van der Waals surface area contributed by atoms with E-state index in [0.29, 0.717) is 22.8 Å². The van der Waals surface area contributed by atoms with Gasteiger partial charge < -0.3 is 10.1 Å². The molecule has 2 heterocycles. The number of amides is 1. The Morgan fingerprint density at radius 2 is 1.71 bits per heavy atom. The highest BCUT2D eigenvalue weighted by molar-refractivity contribution is 9.10. The molecule has 4 rings (SSSR count). The van der Waals surface area contributed by atoms with E-state index in [2.05, 4.69) is 36.3 Å². The van der Waals surface area contributed by atoms with Crippen LogP contribution >= 0.6 is 15.9 Å². The molecule has 2 aromatic carbocycles. The van der Waals surface area contributed by atoms with Gasteiger partial charge in [-0.25, -0.2) is 14.6 Å². The van der Waals surface area contributed by atoms with Gasteiger partial charge in [0.2, 0.25) is 0 Å². The van der Waals surface area contributed by atoms with Crippen LogP contribution in [0.3, 0.4) is 0 Å². The van der Waals surface area contributed by atoms with Gasteiger partial charge >= 0.3 is 0 Å². The maximum absolute atomic E-state index is 12.7. The summed E-state index contributed by atoms with van der Waals surface area (Å²) in [6, 6.07) is 18.1. The summed E-state index contributed by atoms with van der Waals surface area (Å²) in [4.78, 5) is 20.8. The Labute approximate surface area is 169 Å². The Morgan fingerprint density at radius 3 is 2.39 bits per heavy atom. The molecule has 1 amide bonds. The molecule has 0 radical (unpaired) electrons. The minimum Gasteiger partial charge on any atom is -0.457 e. The SMILES string of the molecule is O=C(Nc1ccc(Oc2ccc(Br)cc2)cc1)c1cccnc1-n1cncn1. The lowest BCUT2D eigenvalue weighted by atomic mass is 10.2. The van der Waals surface area contributed by atoms with Gasteiger partial charge in [0.25, 0.3) is 5.91 Å². The molecule has 0 spiro atoms. The van der Waals surface area contributed by atoms with Crippen LogP contribution in [0.1, 0.15) is 10.4 Å². The zero-order valence-electron chi connectivity index (χ0n) is 14.5. The summed E-state index contributed by atoms with van der Waals surface area (Å²) in [6.07, 6.45) is 4.48. The number of carbonyl (C=O) groups excluding carboxylic acids is 1. The second-order valence-electron chi connectivity index (χ2n) is 5.75. The van der Waals surface area contributed by atoms with Crippen LogP contribution < -0.4 is 10.1 Å². The predicted molar refractivity (Wildman–Crippen MR) is 108 cm³/mol. The molecule has 0 saturated heterocycles. The number of hydrogen-bond donors (Lipinski definition) is 1. The molecule has 0 aliphatic heterocycles. The number of ether oxygens (including phenoxy) is 1. The van der Waals surface area contributed by atoms with Crippen LogP contribution in [0.2, 0.25) is 0 Å². The summed E-state index contributed by atoms with van der Waals surface area (Å²) in [5.74, 6) is 1.52. The molecule has 1 N–H and O–H groups in total. The van der Waals surface area contributed by atoms with Crippen molar-refractivity contribution < 1.29 is 9.53 Å². The third-order valence-corrected chi connectivity index (χ3v) is 4.36. The van der Waals surface area contributed by atoms with Crippen LogP contribution in [0.25, 0.3) is 5.82 Å². The van der Waals surface area contributed by atoms with Crippen molar-refractivity contribution in [2.45, 2.75) is 0 Å². The van der Waals surface area contributed by atoms with Crippen LogP contribution in [-0.4, -0.2) is 25.7 Å². The van der Waals surface area contributed by atoms with E-state index in [0.717, 1.165) is 10.2 Å². The van der Waals surface area contributed by atoms with E-state index in [4.69, 9.17) is 4.74 Å². The van der Waals surface area contributed by atoms with Gasteiger partial charge in [0, 0.05) is 16.4 Å². The monoisotopic (exact) mass is 435 g/mol. The van der Waals surface area contributed by atoms with Crippen molar-refractivity contribution in [1.82, 2.24) is 19.7 Å². The minimum atomic E-state index is -0.292. The molecule has 0 fully saturated rings. The van der Waals surface area contributed by atoms with Crippen LogP contribution in [0.15, 0.2) is 84.0 Å². The summed E-state index contributed by atoms with van der Waals surface area (Å²) < 4.78 is 8.22. The van der Waals surface area contributed by atoms with Crippen LogP contribution in [0, 0.1) is 0 Å². The average molecular weight is 436 g/mol. The van der Waals surface area contributed by atoms with Gasteiger partial charge in [-0.1, -0.05) is 15.9 Å². The lowest BCUT2D eigenvalue weighted by Gasteiger charge is -2.10. The van der Waals surface area contributed by atoms with E-state index in [9.17, 15) is 4.79 Å². The minimum absolute atomic E-state index is 0.292. The quantitative estimate of drug-likeness (QED) is 0.499. The smallest absolute Gasteiger partial charge is 0.259 e. The highest BCUT2D eigenvalue weighted by Gasteiger charge is 2.14. The summed E-state index contributed by atoms with van der Waals surface area (Å²) >= 11 is 3.39. The molecule has 2 aromatic heterocycles. The number of nitrogens with zero attached hydrogens (tertiary/aromatic N) is 4. The number of carbonyl (C=O) groups is 1. The first-order chi connectivity index (χ1) is 13.7. The van der Waals surface area contributed by atoms with E-state index < -0.39 is 0 Å². The lowest BCUT2D eigenvalue weighted by Crippen LogP contribution is -2.16. The Bertz CT molecular complexity index is 1080. The highest BCUT2D eigenvalue weighted by Crippen LogP contribution is 2.25. The summed E-state index contributed by atoms with van der Waals surface area (Å²) in [5.41, 5.74) is 1.03. The van der Waals surface area contributed by atoms with E-state index in [1.807, 2.05) is 24.3 Å². The molecule has 0 atom stereocenters. The van der Waals surface area contributed by atoms with E-state index in [1.54, 1.807) is 42.6 Å². The molecular formula is C20H14BrN5O2. The van der Waals surface area contributed by atoms with Crippen molar-refractivity contribution in [2.75, 3.05) is 5.32 Å². The fourth-order valence-corrected chi connectivity index (χ4v) is 2.78. The number of nitrogens with one attached hydrogen (secondary N) is 1.